The number of hydrogen-bond donors (Lipinski definition) is 4. The second-order valence-corrected chi connectivity index (χ2v) is 9.04. The van der Waals surface area contributed by atoms with Crippen molar-refractivity contribution in [2.24, 2.45) is 23.5 Å². The smallest absolute Gasteiger partial charge is 0.392 e. The lowest BCUT2D eigenvalue weighted by Crippen LogP contribution is -2.18. The number of nitrogens with two attached hydrogens (primary N) is 1. The quantitative estimate of drug-likeness (QED) is 0.378. The molecule has 7 heteroatoms. The Morgan fingerprint density at radius 2 is 1.52 bits per heavy atom. The molecule has 6 nitrogen and oxygen atoms in total. The van der Waals surface area contributed by atoms with Crippen LogP contribution < -0.4 is 5.73 Å². The average Bonchev–Trinajstić information content (AvgIpc) is 2.41. The number of rotatable bonds is 12. The molecule has 0 saturated heterocycles. The maximum absolute atomic E-state index is 10.9. The molecule has 3 unspecified atom stereocenters. The molecule has 5 N–H and O–H groups in total. The van der Waals surface area contributed by atoms with Crippen molar-refractivity contribution in [2.75, 3.05) is 6.54 Å². The molecule has 0 bridgehead atoms. The van der Waals surface area contributed by atoms with Gasteiger partial charge in [-0.1, -0.05) is 54.4 Å². The maximum Gasteiger partial charge on any atom is 0.469 e. The zero-order valence-corrected chi connectivity index (χ0v) is 17.9. The van der Waals surface area contributed by atoms with Gasteiger partial charge < -0.3 is 20.6 Å². The number of unbranched alkanes of at least 4 members (excludes halogenated alkanes) is 1. The molecule has 0 aliphatic carbocycles. The van der Waals surface area contributed by atoms with Crippen LogP contribution in [0.2, 0.25) is 0 Å². The Hall–Kier alpha value is 0.0300. The van der Waals surface area contributed by atoms with Crippen LogP contribution in [0.5, 0.6) is 0 Å². The molecule has 25 heavy (non-hydrogen) atoms. The zero-order chi connectivity index (χ0) is 20.0. The van der Waals surface area contributed by atoms with E-state index in [9.17, 15) is 4.57 Å². The summed E-state index contributed by atoms with van der Waals surface area (Å²) in [6.45, 7) is 13.0. The van der Waals surface area contributed by atoms with Crippen molar-refractivity contribution in [3.63, 3.8) is 0 Å². The minimum atomic E-state index is -4.37. The van der Waals surface area contributed by atoms with Crippen LogP contribution in [0.15, 0.2) is 0 Å². The van der Waals surface area contributed by atoms with E-state index in [2.05, 4.69) is 27.7 Å². The monoisotopic (exact) mass is 383 g/mol. The van der Waals surface area contributed by atoms with Crippen LogP contribution >= 0.6 is 7.82 Å². The second-order valence-electron chi connectivity index (χ2n) is 7.85. The number of phosphoric acid groups is 1. The van der Waals surface area contributed by atoms with Gasteiger partial charge >= 0.3 is 7.82 Å². The number of aliphatic hydroxyl groups excluding tert-OH is 1. The first-order chi connectivity index (χ1) is 11.4. The summed E-state index contributed by atoms with van der Waals surface area (Å²) < 4.78 is 15.8. The van der Waals surface area contributed by atoms with Gasteiger partial charge in [0.2, 0.25) is 0 Å². The topological polar surface area (TPSA) is 113 Å². The molecule has 0 heterocycles. The highest BCUT2D eigenvalue weighted by molar-refractivity contribution is 7.46. The molecule has 0 radical (unpaired) electrons. The lowest BCUT2D eigenvalue weighted by molar-refractivity contribution is 0.0962. The Balaban J connectivity index is 0. The molecule has 0 aromatic carbocycles. The number of hydrogen-bond acceptors (Lipinski definition) is 4. The fourth-order valence-electron chi connectivity index (χ4n) is 2.81. The minimum absolute atomic E-state index is 0.269. The molecule has 154 valence electrons. The molecular weight excluding hydrogens is 341 g/mol. The molecule has 0 aliphatic rings. The van der Waals surface area contributed by atoms with Crippen LogP contribution in [0.1, 0.15) is 80.1 Å². The van der Waals surface area contributed by atoms with Crippen molar-refractivity contribution >= 4 is 7.82 Å². The lowest BCUT2D eigenvalue weighted by atomic mass is 9.91. The van der Waals surface area contributed by atoms with Crippen molar-refractivity contribution in [3.8, 4) is 0 Å². The van der Waals surface area contributed by atoms with Gasteiger partial charge in [-0.3, -0.25) is 4.52 Å². The Kier molecular flexibility index (Phi) is 16.5. The molecule has 3 atom stereocenters. The summed E-state index contributed by atoms with van der Waals surface area (Å²) in [4.78, 5) is 17.8. The SMILES string of the molecule is CC(C)CC(C)CC(CC(C)C)OP(=O)(O)O.CCCCC(O)CN. The fourth-order valence-corrected chi connectivity index (χ4v) is 3.37. The largest absolute Gasteiger partial charge is 0.469 e. The molecule has 0 spiro atoms. The fraction of sp³-hybridized carbons (Fsp3) is 1.00. The number of aliphatic hydroxyl groups is 1. The van der Waals surface area contributed by atoms with E-state index in [4.69, 9.17) is 25.2 Å². The first-order valence-corrected chi connectivity index (χ1v) is 11.1. The van der Waals surface area contributed by atoms with Crippen LogP contribution in [0, 0.1) is 17.8 Å². The first kappa shape index (κ1) is 27.3. The van der Waals surface area contributed by atoms with Crippen LogP contribution in [0.4, 0.5) is 0 Å². The van der Waals surface area contributed by atoms with Crippen molar-refractivity contribution in [1.29, 1.82) is 0 Å². The summed E-state index contributed by atoms with van der Waals surface area (Å²) >= 11 is 0. The van der Waals surface area contributed by atoms with E-state index in [0.717, 1.165) is 25.7 Å². The van der Waals surface area contributed by atoms with Crippen LogP contribution in [-0.4, -0.2) is 33.6 Å². The van der Waals surface area contributed by atoms with E-state index >= 15 is 0 Å². The van der Waals surface area contributed by atoms with Gasteiger partial charge in [0, 0.05) is 6.54 Å². The highest BCUT2D eigenvalue weighted by Gasteiger charge is 2.24. The number of phosphoric ester groups is 1. The molecule has 0 rings (SSSR count). The lowest BCUT2D eigenvalue weighted by Gasteiger charge is -2.24. The highest BCUT2D eigenvalue weighted by Crippen LogP contribution is 2.40. The van der Waals surface area contributed by atoms with Crippen molar-refractivity contribution in [1.82, 2.24) is 0 Å². The molecular formula is C18H42NO5P. The van der Waals surface area contributed by atoms with E-state index in [1.807, 2.05) is 13.8 Å². The van der Waals surface area contributed by atoms with E-state index < -0.39 is 7.82 Å². The van der Waals surface area contributed by atoms with Gasteiger partial charge in [0.05, 0.1) is 12.2 Å². The first-order valence-electron chi connectivity index (χ1n) is 9.53. The molecule has 0 aliphatic heterocycles. The summed E-state index contributed by atoms with van der Waals surface area (Å²) in [5, 5.41) is 8.86. The van der Waals surface area contributed by atoms with Gasteiger partial charge in [-0.15, -0.1) is 0 Å². The average molecular weight is 384 g/mol. The molecule has 0 aromatic heterocycles. The van der Waals surface area contributed by atoms with E-state index in [0.29, 0.717) is 37.1 Å². The summed E-state index contributed by atoms with van der Waals surface area (Å²) in [5.41, 5.74) is 5.16. The Bertz CT molecular complexity index is 346. The van der Waals surface area contributed by atoms with Gasteiger partial charge in [0.15, 0.2) is 0 Å². The van der Waals surface area contributed by atoms with Crippen LogP contribution in [0.3, 0.4) is 0 Å². The van der Waals surface area contributed by atoms with Gasteiger partial charge in [-0.2, -0.15) is 0 Å². The van der Waals surface area contributed by atoms with Crippen molar-refractivity contribution in [2.45, 2.75) is 92.3 Å². The summed E-state index contributed by atoms with van der Waals surface area (Å²) in [6.07, 6.45) is 4.91. The van der Waals surface area contributed by atoms with E-state index in [1.54, 1.807) is 0 Å². The highest BCUT2D eigenvalue weighted by atomic mass is 31.2. The van der Waals surface area contributed by atoms with Crippen LogP contribution in [0.25, 0.3) is 0 Å². The Labute approximate surface area is 154 Å². The Morgan fingerprint density at radius 3 is 1.88 bits per heavy atom. The third kappa shape index (κ3) is 22.0. The maximum atomic E-state index is 10.9. The van der Waals surface area contributed by atoms with Crippen LogP contribution in [-0.2, 0) is 9.09 Å². The standard InChI is InChI=1S/C12H27O4P.C6H15NO/c1-9(2)6-11(5)8-12(7-10(3)4)16-17(13,14)15;1-2-3-4-6(8)5-7/h9-12H,6-8H2,1-5H3,(H2,13,14,15);6,8H,2-5,7H2,1H3. The van der Waals surface area contributed by atoms with Crippen molar-refractivity contribution in [3.05, 3.63) is 0 Å². The van der Waals surface area contributed by atoms with Gasteiger partial charge in [-0.05, 0) is 43.4 Å². The summed E-state index contributed by atoms with van der Waals surface area (Å²) in [7, 11) is -4.37. The molecule has 0 saturated carbocycles. The Morgan fingerprint density at radius 1 is 1.00 bits per heavy atom. The third-order valence-corrected chi connectivity index (χ3v) is 4.30. The normalized spacial score (nSPS) is 15.7. The minimum Gasteiger partial charge on any atom is -0.392 e. The molecule has 0 aromatic rings. The zero-order valence-electron chi connectivity index (χ0n) is 17.0. The van der Waals surface area contributed by atoms with Gasteiger partial charge in [-0.25, -0.2) is 4.57 Å². The van der Waals surface area contributed by atoms with E-state index in [1.165, 1.54) is 0 Å². The predicted octanol–water partition coefficient (Wildman–Crippen LogP) is 4.08. The van der Waals surface area contributed by atoms with E-state index in [-0.39, 0.29) is 12.2 Å². The second kappa shape index (κ2) is 15.1. The predicted molar refractivity (Wildman–Crippen MR) is 104 cm³/mol. The molecule has 0 amide bonds. The summed E-state index contributed by atoms with van der Waals surface area (Å²) in [6, 6.07) is 0. The van der Waals surface area contributed by atoms with Gasteiger partial charge in [0.25, 0.3) is 0 Å². The molecule has 0 fully saturated rings. The summed E-state index contributed by atoms with van der Waals surface area (Å²) in [5.74, 6) is 1.39. The third-order valence-electron chi connectivity index (χ3n) is 3.72. The van der Waals surface area contributed by atoms with Crippen molar-refractivity contribution < 1.29 is 24.0 Å². The van der Waals surface area contributed by atoms with Gasteiger partial charge in [0.1, 0.15) is 0 Å².